The highest BCUT2D eigenvalue weighted by Gasteiger charge is 2.16. The first-order valence-electron chi connectivity index (χ1n) is 7.27. The predicted octanol–water partition coefficient (Wildman–Crippen LogP) is 0.0323. The molecule has 0 aliphatic heterocycles. The molecule has 0 aliphatic carbocycles. The second kappa shape index (κ2) is 4.60. The first-order chi connectivity index (χ1) is 11.4. The molecule has 0 unspecified atom stereocenters. The Hall–Kier alpha value is -3.29. The molecular weight excluding hydrogens is 310 g/mol. The molecule has 3 aromatic heterocycles. The molecule has 1 aromatic carbocycles. The molecule has 0 N–H and O–H groups in total. The molecule has 0 aliphatic rings. The van der Waals surface area contributed by atoms with E-state index in [1.54, 1.807) is 31.3 Å². The molecule has 4 rings (SSSR count). The fourth-order valence-electron chi connectivity index (χ4n) is 2.92. The first-order valence-corrected chi connectivity index (χ1v) is 7.27. The van der Waals surface area contributed by atoms with Crippen LogP contribution in [0.3, 0.4) is 0 Å². The average Bonchev–Trinajstić information content (AvgIpc) is 2.61. The molecule has 4 aromatic rings. The lowest BCUT2D eigenvalue weighted by Gasteiger charge is -2.11. The zero-order valence-corrected chi connectivity index (χ0v) is 13.3. The predicted molar refractivity (Wildman–Crippen MR) is 90.3 cm³/mol. The lowest BCUT2D eigenvalue weighted by molar-refractivity contribution is 0.705. The Morgan fingerprint density at radius 1 is 0.708 bits per heavy atom. The minimum Gasteiger partial charge on any atom is -0.294 e. The summed E-state index contributed by atoms with van der Waals surface area (Å²) < 4.78 is 3.63. The van der Waals surface area contributed by atoms with Crippen LogP contribution in [0, 0.1) is 0 Å². The third kappa shape index (κ3) is 1.65. The van der Waals surface area contributed by atoms with Crippen molar-refractivity contribution in [3.8, 4) is 0 Å². The molecule has 24 heavy (non-hydrogen) atoms. The molecule has 0 bridgehead atoms. The maximum absolute atomic E-state index is 12.5. The highest BCUT2D eigenvalue weighted by Crippen LogP contribution is 2.20. The molecule has 0 saturated heterocycles. The number of pyridine rings is 1. The number of aryl methyl sites for hydroxylation is 2. The number of fused-ring (bicyclic) bond motifs is 4. The van der Waals surface area contributed by atoms with E-state index in [9.17, 15) is 14.4 Å². The minimum atomic E-state index is -0.513. The normalized spacial score (nSPS) is 11.6. The van der Waals surface area contributed by atoms with Gasteiger partial charge in [0, 0.05) is 31.9 Å². The summed E-state index contributed by atoms with van der Waals surface area (Å²) in [6.07, 6.45) is 0. The molecule has 0 saturated carbocycles. The van der Waals surface area contributed by atoms with Gasteiger partial charge in [-0.25, -0.2) is 14.8 Å². The van der Waals surface area contributed by atoms with Gasteiger partial charge >= 0.3 is 5.69 Å². The average molecular weight is 323 g/mol. The summed E-state index contributed by atoms with van der Waals surface area (Å²) in [5.41, 5.74) is -0.185. The van der Waals surface area contributed by atoms with E-state index in [2.05, 4.69) is 9.97 Å². The third-order valence-electron chi connectivity index (χ3n) is 4.29. The molecule has 8 nitrogen and oxygen atoms in total. The van der Waals surface area contributed by atoms with Gasteiger partial charge in [-0.2, -0.15) is 0 Å². The van der Waals surface area contributed by atoms with Crippen molar-refractivity contribution in [2.45, 2.75) is 0 Å². The topological polar surface area (TPSA) is 91.8 Å². The highest BCUT2D eigenvalue weighted by atomic mass is 16.2. The van der Waals surface area contributed by atoms with Crippen LogP contribution in [0.25, 0.3) is 33.1 Å². The Morgan fingerprint density at radius 2 is 1.33 bits per heavy atom. The summed E-state index contributed by atoms with van der Waals surface area (Å²) in [5, 5.41) is 1.13. The molecule has 0 atom stereocenters. The van der Waals surface area contributed by atoms with Gasteiger partial charge in [0.2, 0.25) is 0 Å². The zero-order chi connectivity index (χ0) is 17.2. The van der Waals surface area contributed by atoms with Crippen molar-refractivity contribution in [1.29, 1.82) is 0 Å². The number of benzene rings is 1. The largest absolute Gasteiger partial charge is 0.332 e. The lowest BCUT2D eigenvalue weighted by Crippen LogP contribution is -2.38. The second-order valence-electron chi connectivity index (χ2n) is 5.68. The Morgan fingerprint density at radius 3 is 2.04 bits per heavy atom. The number of aromatic nitrogens is 5. The van der Waals surface area contributed by atoms with Gasteiger partial charge in [0.1, 0.15) is 5.52 Å². The van der Waals surface area contributed by atoms with E-state index in [1.807, 2.05) is 0 Å². The van der Waals surface area contributed by atoms with Crippen LogP contribution in [-0.2, 0) is 21.1 Å². The summed E-state index contributed by atoms with van der Waals surface area (Å²) in [5.74, 6) is 0. The second-order valence-corrected chi connectivity index (χ2v) is 5.68. The van der Waals surface area contributed by atoms with E-state index in [4.69, 9.17) is 0 Å². The van der Waals surface area contributed by atoms with Crippen molar-refractivity contribution in [3.05, 3.63) is 55.5 Å². The van der Waals surface area contributed by atoms with Gasteiger partial charge in [0.15, 0.2) is 16.8 Å². The van der Waals surface area contributed by atoms with Gasteiger partial charge < -0.3 is 0 Å². The number of nitrogens with zero attached hydrogens (tertiary/aromatic N) is 5. The van der Waals surface area contributed by atoms with Crippen molar-refractivity contribution in [1.82, 2.24) is 23.7 Å². The van der Waals surface area contributed by atoms with E-state index >= 15 is 0 Å². The summed E-state index contributed by atoms with van der Waals surface area (Å²) in [4.78, 5) is 45.9. The maximum atomic E-state index is 12.5. The van der Waals surface area contributed by atoms with Crippen molar-refractivity contribution < 1.29 is 0 Å². The van der Waals surface area contributed by atoms with Gasteiger partial charge in [-0.15, -0.1) is 0 Å². The standard InChI is InChI=1S/C16H13N5O3/c1-19-12-10(8-6-4-5-7-9(8)14(19)22)17-11-13(18-12)20(2)16(24)21(3)15(11)23/h4-7H,1-3H3. The third-order valence-corrected chi connectivity index (χ3v) is 4.29. The lowest BCUT2D eigenvalue weighted by atomic mass is 10.1. The van der Waals surface area contributed by atoms with Gasteiger partial charge in [-0.05, 0) is 6.07 Å². The Labute approximate surface area is 134 Å². The fraction of sp³-hybridized carbons (Fsp3) is 0.188. The van der Waals surface area contributed by atoms with Crippen molar-refractivity contribution in [3.63, 3.8) is 0 Å². The summed E-state index contributed by atoms with van der Waals surface area (Å²) in [6.45, 7) is 0. The smallest absolute Gasteiger partial charge is 0.294 e. The number of hydrogen-bond acceptors (Lipinski definition) is 5. The van der Waals surface area contributed by atoms with Crippen LogP contribution in [0.5, 0.6) is 0 Å². The van der Waals surface area contributed by atoms with Gasteiger partial charge in [-0.3, -0.25) is 23.3 Å². The van der Waals surface area contributed by atoms with E-state index in [0.717, 1.165) is 4.57 Å². The molecule has 0 radical (unpaired) electrons. The molecule has 0 fully saturated rings. The van der Waals surface area contributed by atoms with E-state index in [-0.39, 0.29) is 16.7 Å². The van der Waals surface area contributed by atoms with Crippen LogP contribution in [0.4, 0.5) is 0 Å². The SMILES string of the molecule is Cn1c(=O)c2nc3c4ccccc4c(=O)n(C)c3nc2n(C)c1=O. The number of hydrogen-bond donors (Lipinski definition) is 0. The summed E-state index contributed by atoms with van der Waals surface area (Å²) >= 11 is 0. The highest BCUT2D eigenvalue weighted by molar-refractivity contribution is 6.03. The van der Waals surface area contributed by atoms with Crippen LogP contribution in [0.1, 0.15) is 0 Å². The summed E-state index contributed by atoms with van der Waals surface area (Å²) in [6, 6.07) is 7.05. The van der Waals surface area contributed by atoms with Crippen molar-refractivity contribution >= 4 is 33.1 Å². The number of rotatable bonds is 0. The van der Waals surface area contributed by atoms with Gasteiger partial charge in [0.05, 0.1) is 0 Å². The monoisotopic (exact) mass is 323 g/mol. The molecule has 0 amide bonds. The maximum Gasteiger partial charge on any atom is 0.332 e. The first kappa shape index (κ1) is 14.3. The molecule has 3 heterocycles. The van der Waals surface area contributed by atoms with E-state index < -0.39 is 11.2 Å². The van der Waals surface area contributed by atoms with Gasteiger partial charge in [0.25, 0.3) is 11.1 Å². The fourth-order valence-corrected chi connectivity index (χ4v) is 2.92. The Bertz CT molecular complexity index is 1340. The molecule has 0 spiro atoms. The summed E-state index contributed by atoms with van der Waals surface area (Å²) in [7, 11) is 4.51. The molecule has 120 valence electrons. The van der Waals surface area contributed by atoms with Crippen LogP contribution >= 0.6 is 0 Å². The van der Waals surface area contributed by atoms with E-state index in [1.165, 1.54) is 23.2 Å². The van der Waals surface area contributed by atoms with Crippen LogP contribution in [0.2, 0.25) is 0 Å². The molecule has 8 heteroatoms. The van der Waals surface area contributed by atoms with Crippen molar-refractivity contribution in [2.75, 3.05) is 0 Å². The Kier molecular flexibility index (Phi) is 2.75. The minimum absolute atomic E-state index is 0.0934. The van der Waals surface area contributed by atoms with Crippen LogP contribution in [-0.4, -0.2) is 23.7 Å². The zero-order valence-electron chi connectivity index (χ0n) is 13.3. The van der Waals surface area contributed by atoms with Gasteiger partial charge in [-0.1, -0.05) is 18.2 Å². The van der Waals surface area contributed by atoms with Crippen LogP contribution in [0.15, 0.2) is 38.6 Å². The van der Waals surface area contributed by atoms with Crippen LogP contribution < -0.4 is 16.8 Å². The molecular formula is C16H13N5O3. The Balaban J connectivity index is 2.41. The van der Waals surface area contributed by atoms with E-state index in [0.29, 0.717) is 21.9 Å². The quantitative estimate of drug-likeness (QED) is 0.336. The van der Waals surface area contributed by atoms with Crippen molar-refractivity contribution in [2.24, 2.45) is 21.1 Å².